The lowest BCUT2D eigenvalue weighted by atomic mass is 10.0. The van der Waals surface area contributed by atoms with Crippen LogP contribution in [0.25, 0.3) is 6.08 Å². The molecule has 1 atom stereocenters. The highest BCUT2D eigenvalue weighted by atomic mass is 14.6. The number of rotatable bonds is 3. The van der Waals surface area contributed by atoms with E-state index in [0.717, 1.165) is 12.0 Å². The first kappa shape index (κ1) is 9.01. The van der Waals surface area contributed by atoms with Crippen LogP contribution in [0.2, 0.25) is 0 Å². The Morgan fingerprint density at radius 1 is 1.58 bits per heavy atom. The number of benzene rings is 1. The molecule has 0 aliphatic heterocycles. The molecule has 0 heterocycles. The van der Waals surface area contributed by atoms with Crippen LogP contribution in [0, 0.1) is 0 Å². The van der Waals surface area contributed by atoms with Gasteiger partial charge in [-0.05, 0) is 17.5 Å². The van der Waals surface area contributed by atoms with Crippen molar-refractivity contribution in [2.24, 2.45) is 5.73 Å². The molecule has 1 aromatic rings. The second kappa shape index (κ2) is 4.07. The third kappa shape index (κ3) is 1.95. The summed E-state index contributed by atoms with van der Waals surface area (Å²) in [6.45, 7) is 5.80. The third-order valence-electron chi connectivity index (χ3n) is 2.01. The number of hydrogen-bond acceptors (Lipinski definition) is 1. The minimum Gasteiger partial charge on any atom is -0.324 e. The Morgan fingerprint density at radius 3 is 2.92 bits per heavy atom. The monoisotopic (exact) mass is 161 g/mol. The molecule has 1 aromatic carbocycles. The van der Waals surface area contributed by atoms with Crippen molar-refractivity contribution in [3.05, 3.63) is 42.0 Å². The normalized spacial score (nSPS) is 12.5. The Hall–Kier alpha value is -1.08. The molecule has 0 fully saturated rings. The first-order valence-corrected chi connectivity index (χ1v) is 4.26. The van der Waals surface area contributed by atoms with E-state index in [2.05, 4.69) is 25.6 Å². The van der Waals surface area contributed by atoms with Gasteiger partial charge in [-0.3, -0.25) is 0 Å². The molecule has 0 aliphatic rings. The Labute approximate surface area is 73.9 Å². The van der Waals surface area contributed by atoms with Crippen molar-refractivity contribution in [3.8, 4) is 0 Å². The SMILES string of the molecule is C=Cc1cccc(C(N)CC)c1. The second-order valence-corrected chi connectivity index (χ2v) is 2.89. The van der Waals surface area contributed by atoms with Gasteiger partial charge in [-0.25, -0.2) is 0 Å². The van der Waals surface area contributed by atoms with Crippen molar-refractivity contribution < 1.29 is 0 Å². The average molecular weight is 161 g/mol. The zero-order chi connectivity index (χ0) is 8.97. The summed E-state index contributed by atoms with van der Waals surface area (Å²) in [4.78, 5) is 0. The van der Waals surface area contributed by atoms with E-state index in [1.807, 2.05) is 18.2 Å². The molecule has 12 heavy (non-hydrogen) atoms. The van der Waals surface area contributed by atoms with Gasteiger partial charge in [0, 0.05) is 6.04 Å². The van der Waals surface area contributed by atoms with Gasteiger partial charge in [0.15, 0.2) is 0 Å². The quantitative estimate of drug-likeness (QED) is 0.724. The molecule has 0 radical (unpaired) electrons. The van der Waals surface area contributed by atoms with E-state index in [-0.39, 0.29) is 6.04 Å². The predicted molar refractivity (Wildman–Crippen MR) is 53.8 cm³/mol. The van der Waals surface area contributed by atoms with Crippen LogP contribution >= 0.6 is 0 Å². The molecule has 64 valence electrons. The van der Waals surface area contributed by atoms with Crippen LogP contribution in [0.4, 0.5) is 0 Å². The van der Waals surface area contributed by atoms with Gasteiger partial charge in [0.1, 0.15) is 0 Å². The minimum absolute atomic E-state index is 0.157. The van der Waals surface area contributed by atoms with E-state index in [1.165, 1.54) is 5.56 Å². The average Bonchev–Trinajstić information content (AvgIpc) is 2.17. The first-order chi connectivity index (χ1) is 5.77. The van der Waals surface area contributed by atoms with Gasteiger partial charge in [0.25, 0.3) is 0 Å². The van der Waals surface area contributed by atoms with Crippen LogP contribution in [0.5, 0.6) is 0 Å². The number of hydrogen-bond donors (Lipinski definition) is 1. The summed E-state index contributed by atoms with van der Waals surface area (Å²) in [5.41, 5.74) is 8.21. The zero-order valence-corrected chi connectivity index (χ0v) is 7.46. The lowest BCUT2D eigenvalue weighted by Crippen LogP contribution is -2.08. The summed E-state index contributed by atoms with van der Waals surface area (Å²) in [5, 5.41) is 0. The summed E-state index contributed by atoms with van der Waals surface area (Å²) < 4.78 is 0. The summed E-state index contributed by atoms with van der Waals surface area (Å²) >= 11 is 0. The zero-order valence-electron chi connectivity index (χ0n) is 7.46. The molecule has 0 saturated carbocycles. The first-order valence-electron chi connectivity index (χ1n) is 4.26. The minimum atomic E-state index is 0.157. The molecule has 0 aromatic heterocycles. The van der Waals surface area contributed by atoms with Crippen molar-refractivity contribution in [2.45, 2.75) is 19.4 Å². The van der Waals surface area contributed by atoms with Crippen LogP contribution < -0.4 is 5.73 Å². The summed E-state index contributed by atoms with van der Waals surface area (Å²) in [7, 11) is 0. The molecular weight excluding hydrogens is 146 g/mol. The van der Waals surface area contributed by atoms with Crippen molar-refractivity contribution in [2.75, 3.05) is 0 Å². The van der Waals surface area contributed by atoms with Crippen LogP contribution in [-0.4, -0.2) is 0 Å². The lowest BCUT2D eigenvalue weighted by molar-refractivity contribution is 0.698. The van der Waals surface area contributed by atoms with Crippen LogP contribution in [0.15, 0.2) is 30.8 Å². The molecule has 0 amide bonds. The molecular formula is C11H15N. The van der Waals surface area contributed by atoms with Gasteiger partial charge in [-0.2, -0.15) is 0 Å². The Morgan fingerprint density at radius 2 is 2.33 bits per heavy atom. The molecule has 1 heteroatoms. The van der Waals surface area contributed by atoms with Gasteiger partial charge in [0.05, 0.1) is 0 Å². The van der Waals surface area contributed by atoms with E-state index in [0.29, 0.717) is 0 Å². The van der Waals surface area contributed by atoms with E-state index >= 15 is 0 Å². The molecule has 0 bridgehead atoms. The van der Waals surface area contributed by atoms with Crippen LogP contribution in [0.1, 0.15) is 30.5 Å². The van der Waals surface area contributed by atoms with Gasteiger partial charge < -0.3 is 5.73 Å². The van der Waals surface area contributed by atoms with Gasteiger partial charge in [-0.15, -0.1) is 0 Å². The van der Waals surface area contributed by atoms with Crippen LogP contribution in [0.3, 0.4) is 0 Å². The summed E-state index contributed by atoms with van der Waals surface area (Å²) in [6.07, 6.45) is 2.81. The van der Waals surface area contributed by atoms with Gasteiger partial charge in [-0.1, -0.05) is 43.8 Å². The Balaban J connectivity index is 2.93. The maximum atomic E-state index is 5.88. The highest BCUT2D eigenvalue weighted by molar-refractivity contribution is 5.48. The van der Waals surface area contributed by atoms with Gasteiger partial charge in [0.2, 0.25) is 0 Å². The maximum absolute atomic E-state index is 5.88. The van der Waals surface area contributed by atoms with E-state index in [4.69, 9.17) is 5.73 Å². The van der Waals surface area contributed by atoms with Crippen molar-refractivity contribution >= 4 is 6.08 Å². The van der Waals surface area contributed by atoms with Gasteiger partial charge >= 0.3 is 0 Å². The van der Waals surface area contributed by atoms with Crippen molar-refractivity contribution in [1.82, 2.24) is 0 Å². The van der Waals surface area contributed by atoms with Crippen LogP contribution in [-0.2, 0) is 0 Å². The Bertz CT molecular complexity index is 265. The van der Waals surface area contributed by atoms with E-state index < -0.39 is 0 Å². The predicted octanol–water partition coefficient (Wildman–Crippen LogP) is 2.74. The molecule has 1 unspecified atom stereocenters. The molecule has 2 N–H and O–H groups in total. The second-order valence-electron chi connectivity index (χ2n) is 2.89. The standard InChI is InChI=1S/C11H15N/c1-3-9-6-5-7-10(8-9)11(12)4-2/h3,5-8,11H,1,4,12H2,2H3. The smallest absolute Gasteiger partial charge is 0.0292 e. The highest BCUT2D eigenvalue weighted by Gasteiger charge is 2.01. The maximum Gasteiger partial charge on any atom is 0.0292 e. The van der Waals surface area contributed by atoms with E-state index in [9.17, 15) is 0 Å². The van der Waals surface area contributed by atoms with Crippen molar-refractivity contribution in [1.29, 1.82) is 0 Å². The molecule has 1 rings (SSSR count). The fourth-order valence-electron chi connectivity index (χ4n) is 1.15. The molecule has 1 nitrogen and oxygen atoms in total. The van der Waals surface area contributed by atoms with Crippen molar-refractivity contribution in [3.63, 3.8) is 0 Å². The highest BCUT2D eigenvalue weighted by Crippen LogP contribution is 2.15. The fourth-order valence-corrected chi connectivity index (χ4v) is 1.15. The summed E-state index contributed by atoms with van der Waals surface area (Å²) in [5.74, 6) is 0. The topological polar surface area (TPSA) is 26.0 Å². The molecule has 0 aliphatic carbocycles. The lowest BCUT2D eigenvalue weighted by Gasteiger charge is -2.09. The molecule has 0 saturated heterocycles. The molecule has 0 spiro atoms. The Kier molecular flexibility index (Phi) is 3.06. The fraction of sp³-hybridized carbons (Fsp3) is 0.273. The summed E-state index contributed by atoms with van der Waals surface area (Å²) in [6, 6.07) is 8.34. The third-order valence-corrected chi connectivity index (χ3v) is 2.01. The number of nitrogens with two attached hydrogens (primary N) is 1. The largest absolute Gasteiger partial charge is 0.324 e. The van der Waals surface area contributed by atoms with E-state index in [1.54, 1.807) is 0 Å².